The van der Waals surface area contributed by atoms with Crippen LogP contribution in [0.25, 0.3) is 0 Å². The second kappa shape index (κ2) is 7.69. The van der Waals surface area contributed by atoms with E-state index < -0.39 is 0 Å². The Balaban J connectivity index is 1.52. The van der Waals surface area contributed by atoms with Crippen LogP contribution < -0.4 is 19.5 Å². The fourth-order valence-electron chi connectivity index (χ4n) is 2.90. The maximum atomic E-state index is 12.6. The average Bonchev–Trinajstić information content (AvgIpc) is 3.27. The summed E-state index contributed by atoms with van der Waals surface area (Å²) in [6.07, 6.45) is 0.691. The van der Waals surface area contributed by atoms with Gasteiger partial charge in [-0.2, -0.15) is 0 Å². The van der Waals surface area contributed by atoms with E-state index in [0.717, 1.165) is 27.6 Å². The lowest BCUT2D eigenvalue weighted by atomic mass is 10.1. The van der Waals surface area contributed by atoms with Crippen LogP contribution in [0.5, 0.6) is 17.2 Å². The number of thiazole rings is 1. The molecule has 2 aromatic carbocycles. The molecule has 0 aliphatic carbocycles. The molecule has 0 spiro atoms. The highest BCUT2D eigenvalue weighted by atomic mass is 35.5. The number of hydrogen-bond donors (Lipinski definition) is 1. The third-order valence-corrected chi connectivity index (χ3v) is 5.63. The van der Waals surface area contributed by atoms with Crippen LogP contribution in [0.15, 0.2) is 36.4 Å². The molecular weight excluding hydrogens is 400 g/mol. The molecule has 0 saturated carbocycles. The molecule has 144 valence electrons. The number of fused-ring (bicyclic) bond motifs is 1. The smallest absolute Gasteiger partial charge is 0.261 e. The lowest BCUT2D eigenvalue weighted by Crippen LogP contribution is -2.13. The maximum absolute atomic E-state index is 12.6. The van der Waals surface area contributed by atoms with E-state index in [0.29, 0.717) is 27.9 Å². The summed E-state index contributed by atoms with van der Waals surface area (Å²) in [5, 5.41) is 3.82. The number of carbonyl (C=O) groups excluding carboxylic acids is 1. The molecule has 0 fully saturated rings. The van der Waals surface area contributed by atoms with Crippen molar-refractivity contribution in [3.05, 3.63) is 63.1 Å². The normalized spacial score (nSPS) is 12.1. The third-order valence-electron chi connectivity index (χ3n) is 4.32. The lowest BCUT2D eigenvalue weighted by Gasteiger charge is -2.08. The van der Waals surface area contributed by atoms with Gasteiger partial charge in [0.2, 0.25) is 6.79 Å². The molecule has 0 radical (unpaired) electrons. The van der Waals surface area contributed by atoms with Crippen molar-refractivity contribution in [3.8, 4) is 17.2 Å². The quantitative estimate of drug-likeness (QED) is 0.653. The Kier molecular flexibility index (Phi) is 5.11. The Morgan fingerprint density at radius 2 is 2.07 bits per heavy atom. The summed E-state index contributed by atoms with van der Waals surface area (Å²) in [5.74, 6) is 1.65. The predicted molar refractivity (Wildman–Crippen MR) is 108 cm³/mol. The van der Waals surface area contributed by atoms with E-state index >= 15 is 0 Å². The van der Waals surface area contributed by atoms with Crippen LogP contribution in [0.4, 0.5) is 5.13 Å². The van der Waals surface area contributed by atoms with Gasteiger partial charge in [-0.25, -0.2) is 4.98 Å². The zero-order valence-corrected chi connectivity index (χ0v) is 16.8. The molecule has 28 heavy (non-hydrogen) atoms. The van der Waals surface area contributed by atoms with Crippen LogP contribution in [0.1, 0.15) is 26.5 Å². The van der Waals surface area contributed by atoms with Gasteiger partial charge >= 0.3 is 0 Å². The second-order valence-corrected chi connectivity index (χ2v) is 7.71. The number of nitrogens with zero attached hydrogens (tertiary/aromatic N) is 1. The number of nitrogens with one attached hydrogen (secondary N) is 1. The molecule has 8 heteroatoms. The monoisotopic (exact) mass is 416 g/mol. The van der Waals surface area contributed by atoms with Crippen molar-refractivity contribution in [1.29, 1.82) is 0 Å². The second-order valence-electron chi connectivity index (χ2n) is 6.19. The van der Waals surface area contributed by atoms with E-state index in [-0.39, 0.29) is 12.7 Å². The Morgan fingerprint density at radius 3 is 2.89 bits per heavy atom. The first kappa shape index (κ1) is 18.6. The van der Waals surface area contributed by atoms with Gasteiger partial charge in [0.05, 0.1) is 18.4 Å². The highest BCUT2D eigenvalue weighted by molar-refractivity contribution is 7.15. The Bertz CT molecular complexity index is 1050. The van der Waals surface area contributed by atoms with Gasteiger partial charge in [0, 0.05) is 16.3 Å². The zero-order chi connectivity index (χ0) is 19.7. The number of aryl methyl sites for hydroxylation is 1. The van der Waals surface area contributed by atoms with Gasteiger partial charge < -0.3 is 14.2 Å². The Hall–Kier alpha value is -2.77. The highest BCUT2D eigenvalue weighted by Gasteiger charge is 2.18. The van der Waals surface area contributed by atoms with Crippen molar-refractivity contribution in [2.24, 2.45) is 0 Å². The SMILES string of the molecule is COc1ccc(Cl)cc1C(=O)Nc1nc(C)c(Cc2ccc3c(c2)OCO3)s1. The molecule has 1 aliphatic heterocycles. The number of hydrogen-bond acceptors (Lipinski definition) is 6. The highest BCUT2D eigenvalue weighted by Crippen LogP contribution is 2.34. The number of anilines is 1. The molecule has 0 saturated heterocycles. The van der Waals surface area contributed by atoms with Crippen LogP contribution in [0.3, 0.4) is 0 Å². The maximum Gasteiger partial charge on any atom is 0.261 e. The predicted octanol–water partition coefficient (Wildman–Crippen LogP) is 4.69. The molecular formula is C20H17ClN2O4S. The van der Waals surface area contributed by atoms with Gasteiger partial charge in [-0.3, -0.25) is 10.1 Å². The minimum Gasteiger partial charge on any atom is -0.496 e. The first-order valence-electron chi connectivity index (χ1n) is 8.53. The number of halogens is 1. The number of amides is 1. The summed E-state index contributed by atoms with van der Waals surface area (Å²) in [4.78, 5) is 18.2. The average molecular weight is 417 g/mol. The van der Waals surface area contributed by atoms with Crippen molar-refractivity contribution in [2.75, 3.05) is 19.2 Å². The Morgan fingerprint density at radius 1 is 1.25 bits per heavy atom. The van der Waals surface area contributed by atoms with E-state index in [1.807, 2.05) is 25.1 Å². The molecule has 6 nitrogen and oxygen atoms in total. The van der Waals surface area contributed by atoms with Crippen molar-refractivity contribution >= 4 is 34.0 Å². The summed E-state index contributed by atoms with van der Waals surface area (Å²) >= 11 is 7.45. The van der Waals surface area contributed by atoms with Gasteiger partial charge in [0.15, 0.2) is 16.6 Å². The van der Waals surface area contributed by atoms with Crippen LogP contribution >= 0.6 is 22.9 Å². The third kappa shape index (κ3) is 3.76. The molecule has 0 bridgehead atoms. The molecule has 1 aliphatic rings. The number of ether oxygens (including phenoxy) is 3. The van der Waals surface area contributed by atoms with Crippen molar-refractivity contribution < 1.29 is 19.0 Å². The van der Waals surface area contributed by atoms with E-state index in [1.165, 1.54) is 18.4 Å². The number of methoxy groups -OCH3 is 1. The van der Waals surface area contributed by atoms with Gasteiger partial charge in [-0.05, 0) is 42.8 Å². The largest absolute Gasteiger partial charge is 0.496 e. The number of rotatable bonds is 5. The van der Waals surface area contributed by atoms with E-state index in [9.17, 15) is 4.79 Å². The van der Waals surface area contributed by atoms with Crippen molar-refractivity contribution in [1.82, 2.24) is 4.98 Å². The molecule has 2 heterocycles. The fraction of sp³-hybridized carbons (Fsp3) is 0.200. The first-order chi connectivity index (χ1) is 13.5. The molecule has 0 atom stereocenters. The van der Waals surface area contributed by atoms with Crippen LogP contribution in [0.2, 0.25) is 5.02 Å². The summed E-state index contributed by atoms with van der Waals surface area (Å²) < 4.78 is 16.0. The summed E-state index contributed by atoms with van der Waals surface area (Å²) in [5.41, 5.74) is 2.32. The lowest BCUT2D eigenvalue weighted by molar-refractivity contribution is 0.102. The molecule has 1 aromatic heterocycles. The summed E-state index contributed by atoms with van der Waals surface area (Å²) in [6, 6.07) is 10.8. The van der Waals surface area contributed by atoms with Crippen LogP contribution in [0, 0.1) is 6.92 Å². The minimum absolute atomic E-state index is 0.252. The molecule has 0 unspecified atom stereocenters. The molecule has 3 aromatic rings. The minimum atomic E-state index is -0.317. The summed E-state index contributed by atoms with van der Waals surface area (Å²) in [6.45, 7) is 2.18. The van der Waals surface area contributed by atoms with E-state index in [4.69, 9.17) is 25.8 Å². The van der Waals surface area contributed by atoms with E-state index in [2.05, 4.69) is 10.3 Å². The number of benzene rings is 2. The standard InChI is InChI=1S/C20H17ClN2O4S/c1-11-18(8-12-3-5-16-17(7-12)27-10-26-16)28-20(22-11)23-19(24)14-9-13(21)4-6-15(14)25-2/h3-7,9H,8,10H2,1-2H3,(H,22,23,24). The summed E-state index contributed by atoms with van der Waals surface area (Å²) in [7, 11) is 1.51. The van der Waals surface area contributed by atoms with Crippen molar-refractivity contribution in [3.63, 3.8) is 0 Å². The van der Waals surface area contributed by atoms with Crippen molar-refractivity contribution in [2.45, 2.75) is 13.3 Å². The van der Waals surface area contributed by atoms with Crippen LogP contribution in [-0.2, 0) is 6.42 Å². The van der Waals surface area contributed by atoms with Crippen LogP contribution in [-0.4, -0.2) is 24.8 Å². The van der Waals surface area contributed by atoms with Gasteiger partial charge in [0.1, 0.15) is 5.75 Å². The number of aromatic nitrogens is 1. The van der Waals surface area contributed by atoms with E-state index in [1.54, 1.807) is 18.2 Å². The van der Waals surface area contributed by atoms with Gasteiger partial charge in [-0.1, -0.05) is 17.7 Å². The Labute approximate surface area is 171 Å². The number of carbonyl (C=O) groups is 1. The molecule has 4 rings (SSSR count). The fourth-order valence-corrected chi connectivity index (χ4v) is 4.07. The first-order valence-corrected chi connectivity index (χ1v) is 9.72. The molecule has 1 amide bonds. The van der Waals surface area contributed by atoms with Gasteiger partial charge in [0.25, 0.3) is 5.91 Å². The topological polar surface area (TPSA) is 69.7 Å². The zero-order valence-electron chi connectivity index (χ0n) is 15.2. The van der Waals surface area contributed by atoms with Gasteiger partial charge in [-0.15, -0.1) is 11.3 Å². The molecule has 1 N–H and O–H groups in total.